The average Bonchev–Trinajstić information content (AvgIpc) is 2.18. The molecule has 0 saturated carbocycles. The molecule has 15 heavy (non-hydrogen) atoms. The summed E-state index contributed by atoms with van der Waals surface area (Å²) in [6.45, 7) is 2.12. The molecule has 0 spiro atoms. The molecule has 0 aromatic heterocycles. The van der Waals surface area contributed by atoms with Gasteiger partial charge in [0.2, 0.25) is 0 Å². The molecule has 1 aromatic carbocycles. The molecule has 0 bridgehead atoms. The molecule has 86 valence electrons. The summed E-state index contributed by atoms with van der Waals surface area (Å²) < 4.78 is 0. The maximum absolute atomic E-state index is 9.66. The van der Waals surface area contributed by atoms with Crippen LogP contribution in [0, 0.1) is 0 Å². The lowest BCUT2D eigenvalue weighted by Crippen LogP contribution is -2.10. The first-order valence-corrected chi connectivity index (χ1v) is 5.27. The van der Waals surface area contributed by atoms with Gasteiger partial charge in [0.25, 0.3) is 0 Å². The Labute approximate surface area is 102 Å². The molecule has 1 atom stereocenters. The van der Waals surface area contributed by atoms with E-state index in [1.807, 2.05) is 12.1 Å². The second-order valence-electron chi connectivity index (χ2n) is 3.43. The number of phenols is 1. The number of para-hydroxylation sites is 1. The molecule has 2 nitrogen and oxygen atoms in total. The normalized spacial score (nSPS) is 11.9. The van der Waals surface area contributed by atoms with Crippen molar-refractivity contribution in [1.29, 1.82) is 0 Å². The van der Waals surface area contributed by atoms with Crippen molar-refractivity contribution in [3.05, 3.63) is 28.8 Å². The summed E-state index contributed by atoms with van der Waals surface area (Å²) in [5.74, 6) is 0.123. The van der Waals surface area contributed by atoms with Crippen molar-refractivity contribution in [3.8, 4) is 5.75 Å². The molecule has 0 aliphatic heterocycles. The zero-order valence-electron chi connectivity index (χ0n) is 8.74. The highest BCUT2D eigenvalue weighted by Gasteiger charge is 2.11. The molecular weight excluding hydrogens is 233 g/mol. The predicted molar refractivity (Wildman–Crippen MR) is 66.8 cm³/mol. The Bertz CT molecular complexity index is 305. The number of halogens is 2. The average molecular weight is 250 g/mol. The summed E-state index contributed by atoms with van der Waals surface area (Å²) in [4.78, 5) is 0. The second kappa shape index (κ2) is 6.94. The van der Waals surface area contributed by atoms with Gasteiger partial charge in [-0.15, -0.1) is 12.4 Å². The first-order valence-electron chi connectivity index (χ1n) is 4.89. The molecule has 1 aromatic rings. The zero-order valence-corrected chi connectivity index (χ0v) is 10.3. The lowest BCUT2D eigenvalue weighted by atomic mass is 10.0. The van der Waals surface area contributed by atoms with Crippen molar-refractivity contribution in [2.24, 2.45) is 5.73 Å². The van der Waals surface area contributed by atoms with E-state index < -0.39 is 0 Å². The van der Waals surface area contributed by atoms with E-state index in [9.17, 15) is 5.11 Å². The molecule has 0 aliphatic carbocycles. The monoisotopic (exact) mass is 249 g/mol. The van der Waals surface area contributed by atoms with E-state index in [0.717, 1.165) is 24.8 Å². The third kappa shape index (κ3) is 3.90. The van der Waals surface area contributed by atoms with Crippen LogP contribution < -0.4 is 5.73 Å². The van der Waals surface area contributed by atoms with Crippen LogP contribution in [-0.4, -0.2) is 5.11 Å². The molecule has 0 heterocycles. The Morgan fingerprint density at radius 1 is 1.47 bits per heavy atom. The summed E-state index contributed by atoms with van der Waals surface area (Å²) in [6.07, 6.45) is 3.05. The van der Waals surface area contributed by atoms with Gasteiger partial charge in [-0.1, -0.05) is 43.5 Å². The van der Waals surface area contributed by atoms with Crippen LogP contribution in [0.2, 0.25) is 5.02 Å². The molecule has 0 fully saturated rings. The van der Waals surface area contributed by atoms with Gasteiger partial charge in [-0.3, -0.25) is 0 Å². The van der Waals surface area contributed by atoms with E-state index in [0.29, 0.717) is 5.02 Å². The number of phenolic OH excluding ortho intramolecular Hbond substituents is 1. The first-order chi connectivity index (χ1) is 6.66. The Morgan fingerprint density at radius 2 is 2.13 bits per heavy atom. The summed E-state index contributed by atoms with van der Waals surface area (Å²) in [5.41, 5.74) is 6.67. The van der Waals surface area contributed by atoms with Crippen LogP contribution in [0.5, 0.6) is 5.75 Å². The van der Waals surface area contributed by atoms with E-state index in [1.165, 1.54) is 0 Å². The van der Waals surface area contributed by atoms with Crippen molar-refractivity contribution in [2.45, 2.75) is 32.2 Å². The minimum Gasteiger partial charge on any atom is -0.506 e. The van der Waals surface area contributed by atoms with Gasteiger partial charge < -0.3 is 10.8 Å². The van der Waals surface area contributed by atoms with E-state index in [4.69, 9.17) is 17.3 Å². The largest absolute Gasteiger partial charge is 0.506 e. The lowest BCUT2D eigenvalue weighted by Gasteiger charge is -2.13. The standard InChI is InChI=1S/C11H16ClNO.ClH/c1-2-3-7-10(13)8-5-4-6-9(12)11(8)14;/h4-6,10,14H,2-3,7,13H2,1H3;1H/t10-;/m1./s1. The van der Waals surface area contributed by atoms with Crippen LogP contribution >= 0.6 is 24.0 Å². The van der Waals surface area contributed by atoms with Gasteiger partial charge in [0.05, 0.1) is 5.02 Å². The molecule has 1 rings (SSSR count). The van der Waals surface area contributed by atoms with Crippen LogP contribution in [0.1, 0.15) is 37.8 Å². The van der Waals surface area contributed by atoms with Gasteiger partial charge in [-0.2, -0.15) is 0 Å². The number of aromatic hydroxyl groups is 1. The first kappa shape index (κ1) is 14.6. The van der Waals surface area contributed by atoms with Crippen molar-refractivity contribution in [2.75, 3.05) is 0 Å². The van der Waals surface area contributed by atoms with Gasteiger partial charge in [0, 0.05) is 11.6 Å². The maximum atomic E-state index is 9.66. The fourth-order valence-corrected chi connectivity index (χ4v) is 1.59. The van der Waals surface area contributed by atoms with Crippen molar-refractivity contribution in [3.63, 3.8) is 0 Å². The minimum absolute atomic E-state index is 0. The summed E-state index contributed by atoms with van der Waals surface area (Å²) in [7, 11) is 0. The molecule has 0 amide bonds. The molecule has 3 N–H and O–H groups in total. The Kier molecular flexibility index (Phi) is 6.73. The quantitative estimate of drug-likeness (QED) is 0.856. The third-order valence-electron chi connectivity index (χ3n) is 2.29. The lowest BCUT2D eigenvalue weighted by molar-refractivity contribution is 0.457. The van der Waals surface area contributed by atoms with E-state index in [1.54, 1.807) is 6.07 Å². The fraction of sp³-hybridized carbons (Fsp3) is 0.455. The minimum atomic E-state index is -0.117. The molecule has 4 heteroatoms. The van der Waals surface area contributed by atoms with Gasteiger partial charge in [-0.05, 0) is 12.5 Å². The SMILES string of the molecule is CCCC[C@@H](N)c1cccc(Cl)c1O.Cl. The topological polar surface area (TPSA) is 46.2 Å². The predicted octanol–water partition coefficient (Wildman–Crippen LogP) is 3.66. The number of rotatable bonds is 4. The highest BCUT2D eigenvalue weighted by Crippen LogP contribution is 2.32. The van der Waals surface area contributed by atoms with E-state index in [-0.39, 0.29) is 24.2 Å². The van der Waals surface area contributed by atoms with Crippen LogP contribution in [-0.2, 0) is 0 Å². The molecule has 0 saturated heterocycles. The summed E-state index contributed by atoms with van der Waals surface area (Å²) >= 11 is 5.79. The molecular formula is C11H17Cl2NO. The number of hydrogen-bond donors (Lipinski definition) is 2. The van der Waals surface area contributed by atoms with Gasteiger partial charge >= 0.3 is 0 Å². The van der Waals surface area contributed by atoms with E-state index in [2.05, 4.69) is 6.92 Å². The van der Waals surface area contributed by atoms with Crippen molar-refractivity contribution < 1.29 is 5.11 Å². The van der Waals surface area contributed by atoms with Gasteiger partial charge in [0.15, 0.2) is 0 Å². The second-order valence-corrected chi connectivity index (χ2v) is 3.83. The van der Waals surface area contributed by atoms with Crippen LogP contribution in [0.15, 0.2) is 18.2 Å². The summed E-state index contributed by atoms with van der Waals surface area (Å²) in [5, 5.41) is 10.0. The Balaban J connectivity index is 0.00000196. The van der Waals surface area contributed by atoms with E-state index >= 15 is 0 Å². The third-order valence-corrected chi connectivity index (χ3v) is 2.59. The van der Waals surface area contributed by atoms with Crippen molar-refractivity contribution >= 4 is 24.0 Å². The Hall–Kier alpha value is -0.440. The fourth-order valence-electron chi connectivity index (χ4n) is 1.41. The van der Waals surface area contributed by atoms with Crippen LogP contribution in [0.25, 0.3) is 0 Å². The highest BCUT2D eigenvalue weighted by atomic mass is 35.5. The number of nitrogens with two attached hydrogens (primary N) is 1. The number of benzene rings is 1. The maximum Gasteiger partial charge on any atom is 0.138 e. The van der Waals surface area contributed by atoms with Crippen LogP contribution in [0.4, 0.5) is 0 Å². The van der Waals surface area contributed by atoms with Gasteiger partial charge in [0.1, 0.15) is 5.75 Å². The summed E-state index contributed by atoms with van der Waals surface area (Å²) in [6, 6.07) is 5.17. The molecule has 0 aliphatic rings. The Morgan fingerprint density at radius 3 is 2.73 bits per heavy atom. The number of hydrogen-bond acceptors (Lipinski definition) is 2. The van der Waals surface area contributed by atoms with Crippen LogP contribution in [0.3, 0.4) is 0 Å². The smallest absolute Gasteiger partial charge is 0.138 e. The zero-order chi connectivity index (χ0) is 10.6. The van der Waals surface area contributed by atoms with Gasteiger partial charge in [-0.25, -0.2) is 0 Å². The molecule has 0 radical (unpaired) electrons. The molecule has 0 unspecified atom stereocenters. The number of unbranched alkanes of at least 4 members (excludes halogenated alkanes) is 1. The highest BCUT2D eigenvalue weighted by molar-refractivity contribution is 6.32. The van der Waals surface area contributed by atoms with Crippen molar-refractivity contribution in [1.82, 2.24) is 0 Å².